The first kappa shape index (κ1) is 12.1. The van der Waals surface area contributed by atoms with Gasteiger partial charge in [0, 0.05) is 24.4 Å². The second-order valence-electron chi connectivity index (χ2n) is 4.19. The van der Waals surface area contributed by atoms with Crippen LogP contribution in [0.1, 0.15) is 32.0 Å². The number of aromatic nitrogens is 1. The molecule has 2 aromatic rings. The molecule has 0 spiro atoms. The number of nitrogens with zero attached hydrogens (tertiary/aromatic N) is 1. The Hall–Kier alpha value is -2.36. The summed E-state index contributed by atoms with van der Waals surface area (Å²) in [7, 11) is 1.70. The van der Waals surface area contributed by atoms with Crippen molar-refractivity contribution in [1.29, 1.82) is 0 Å². The van der Waals surface area contributed by atoms with Crippen molar-refractivity contribution in [3.63, 3.8) is 0 Å². The summed E-state index contributed by atoms with van der Waals surface area (Å²) in [4.78, 5) is 23.6. The van der Waals surface area contributed by atoms with E-state index in [1.165, 1.54) is 0 Å². The van der Waals surface area contributed by atoms with Crippen LogP contribution in [0.3, 0.4) is 0 Å². The largest absolute Gasteiger partial charge is 0.364 e. The van der Waals surface area contributed by atoms with Gasteiger partial charge in [-0.15, -0.1) is 0 Å². The smallest absolute Gasteiger partial charge is 0.265 e. The number of nitrogens with two attached hydrogens (primary N) is 1. The molecule has 0 unspecified atom stereocenters. The number of rotatable bonds is 3. The van der Waals surface area contributed by atoms with Crippen LogP contribution in [0.15, 0.2) is 36.5 Å². The van der Waals surface area contributed by atoms with Crippen LogP contribution in [-0.4, -0.2) is 16.3 Å². The monoisotopic (exact) mass is 242 g/mol. The van der Waals surface area contributed by atoms with E-state index in [2.05, 4.69) is 0 Å². The van der Waals surface area contributed by atoms with Crippen LogP contribution in [0.2, 0.25) is 0 Å². The van der Waals surface area contributed by atoms with Gasteiger partial charge in [0.05, 0.1) is 0 Å². The Balaban J connectivity index is 2.51. The number of carbonyl (C=O) groups excluding carboxylic acids is 2. The van der Waals surface area contributed by atoms with Crippen molar-refractivity contribution >= 4 is 11.7 Å². The highest BCUT2D eigenvalue weighted by molar-refractivity contribution is 6.11. The molecule has 0 aliphatic rings. The Labute approximate surface area is 105 Å². The third-order valence-electron chi connectivity index (χ3n) is 2.95. The molecule has 0 saturated carbocycles. The van der Waals surface area contributed by atoms with E-state index < -0.39 is 5.91 Å². The molecule has 1 aromatic heterocycles. The zero-order chi connectivity index (χ0) is 13.3. The van der Waals surface area contributed by atoms with Crippen molar-refractivity contribution in [1.82, 2.24) is 4.57 Å². The summed E-state index contributed by atoms with van der Waals surface area (Å²) in [6, 6.07) is 8.96. The normalized spacial score (nSPS) is 10.3. The van der Waals surface area contributed by atoms with Crippen LogP contribution >= 0.6 is 0 Å². The van der Waals surface area contributed by atoms with Gasteiger partial charge < -0.3 is 10.3 Å². The van der Waals surface area contributed by atoms with Crippen LogP contribution in [0.5, 0.6) is 0 Å². The van der Waals surface area contributed by atoms with E-state index in [0.717, 1.165) is 0 Å². The molecule has 0 fully saturated rings. The Morgan fingerprint density at radius 3 is 2.28 bits per heavy atom. The van der Waals surface area contributed by atoms with Gasteiger partial charge in [-0.3, -0.25) is 9.59 Å². The molecule has 4 heteroatoms. The molecule has 2 N–H and O–H groups in total. The van der Waals surface area contributed by atoms with E-state index in [4.69, 9.17) is 5.73 Å². The molecule has 1 amide bonds. The predicted octanol–water partition coefficient (Wildman–Crippen LogP) is 1.66. The number of ketones is 1. The van der Waals surface area contributed by atoms with Crippen molar-refractivity contribution in [2.24, 2.45) is 12.8 Å². The van der Waals surface area contributed by atoms with Crippen LogP contribution in [-0.2, 0) is 7.05 Å². The van der Waals surface area contributed by atoms with Crippen molar-refractivity contribution in [2.45, 2.75) is 6.92 Å². The highest BCUT2D eigenvalue weighted by Gasteiger charge is 2.20. The third-order valence-corrected chi connectivity index (χ3v) is 2.95. The number of aryl methyl sites for hydroxylation is 1. The molecule has 2 rings (SSSR count). The van der Waals surface area contributed by atoms with E-state index in [0.29, 0.717) is 22.4 Å². The summed E-state index contributed by atoms with van der Waals surface area (Å²) >= 11 is 0. The molecular formula is C14H14N2O2. The first-order valence-corrected chi connectivity index (χ1v) is 5.58. The summed E-state index contributed by atoms with van der Waals surface area (Å²) in [5, 5.41) is 0. The van der Waals surface area contributed by atoms with Crippen LogP contribution in [0.4, 0.5) is 0 Å². The molecular weight excluding hydrogens is 228 g/mol. The maximum Gasteiger partial charge on any atom is 0.265 e. The van der Waals surface area contributed by atoms with E-state index in [1.54, 1.807) is 49.0 Å². The fourth-order valence-corrected chi connectivity index (χ4v) is 2.08. The summed E-state index contributed by atoms with van der Waals surface area (Å²) < 4.78 is 1.59. The highest BCUT2D eigenvalue weighted by atomic mass is 16.1. The van der Waals surface area contributed by atoms with Gasteiger partial charge in [-0.05, 0) is 12.5 Å². The van der Waals surface area contributed by atoms with E-state index in [9.17, 15) is 9.59 Å². The molecule has 92 valence electrons. The van der Waals surface area contributed by atoms with Crippen molar-refractivity contribution in [3.8, 4) is 0 Å². The summed E-state index contributed by atoms with van der Waals surface area (Å²) in [6.45, 7) is 1.73. The molecule has 0 aliphatic carbocycles. The maximum absolute atomic E-state index is 12.3. The number of primary amides is 1. The number of hydrogen-bond acceptors (Lipinski definition) is 2. The number of amides is 1. The number of hydrogen-bond donors (Lipinski definition) is 1. The van der Waals surface area contributed by atoms with Crippen LogP contribution in [0.25, 0.3) is 0 Å². The number of benzene rings is 1. The third kappa shape index (κ3) is 1.93. The molecule has 0 radical (unpaired) electrons. The second-order valence-corrected chi connectivity index (χ2v) is 4.19. The number of carbonyl (C=O) groups is 2. The standard InChI is InChI=1S/C14H14N2O2/c1-9-11(8-16(2)12(9)14(15)18)13(17)10-6-4-3-5-7-10/h3-8H,1-2H3,(H2,15,18). The molecule has 4 nitrogen and oxygen atoms in total. The van der Waals surface area contributed by atoms with Crippen LogP contribution < -0.4 is 5.73 Å². The highest BCUT2D eigenvalue weighted by Crippen LogP contribution is 2.19. The topological polar surface area (TPSA) is 65.1 Å². The van der Waals surface area contributed by atoms with Gasteiger partial charge in [0.1, 0.15) is 5.69 Å². The first-order valence-electron chi connectivity index (χ1n) is 5.58. The lowest BCUT2D eigenvalue weighted by Gasteiger charge is -2.00. The van der Waals surface area contributed by atoms with Gasteiger partial charge in [0.15, 0.2) is 5.78 Å². The van der Waals surface area contributed by atoms with Gasteiger partial charge in [0.2, 0.25) is 0 Å². The quantitative estimate of drug-likeness (QED) is 0.832. The van der Waals surface area contributed by atoms with E-state index in [1.807, 2.05) is 6.07 Å². The lowest BCUT2D eigenvalue weighted by Crippen LogP contribution is -2.16. The van der Waals surface area contributed by atoms with Crippen molar-refractivity contribution in [2.75, 3.05) is 0 Å². The van der Waals surface area contributed by atoms with Gasteiger partial charge >= 0.3 is 0 Å². The first-order chi connectivity index (χ1) is 8.52. The fraction of sp³-hybridized carbons (Fsp3) is 0.143. The lowest BCUT2D eigenvalue weighted by molar-refractivity contribution is 0.0991. The van der Waals surface area contributed by atoms with Crippen molar-refractivity contribution in [3.05, 3.63) is 58.9 Å². The minimum absolute atomic E-state index is 0.101. The van der Waals surface area contributed by atoms with E-state index in [-0.39, 0.29) is 5.78 Å². The Kier molecular flexibility index (Phi) is 3.02. The molecule has 0 bridgehead atoms. The minimum Gasteiger partial charge on any atom is -0.364 e. The zero-order valence-corrected chi connectivity index (χ0v) is 10.3. The molecule has 0 saturated heterocycles. The summed E-state index contributed by atoms with van der Waals surface area (Å²) in [6.07, 6.45) is 1.64. The zero-order valence-electron chi connectivity index (χ0n) is 10.3. The van der Waals surface area contributed by atoms with Gasteiger partial charge in [-0.25, -0.2) is 0 Å². The SMILES string of the molecule is Cc1c(C(=O)c2ccccc2)cn(C)c1C(N)=O. The Bertz CT molecular complexity index is 612. The molecule has 1 heterocycles. The predicted molar refractivity (Wildman–Crippen MR) is 68.5 cm³/mol. The molecule has 1 aromatic carbocycles. The van der Waals surface area contributed by atoms with Gasteiger partial charge in [0.25, 0.3) is 5.91 Å². The summed E-state index contributed by atoms with van der Waals surface area (Å²) in [5.74, 6) is -0.627. The molecule has 0 aliphatic heterocycles. The minimum atomic E-state index is -0.526. The molecule has 18 heavy (non-hydrogen) atoms. The van der Waals surface area contributed by atoms with Gasteiger partial charge in [-0.2, -0.15) is 0 Å². The van der Waals surface area contributed by atoms with Crippen LogP contribution in [0, 0.1) is 6.92 Å². The Morgan fingerprint density at radius 2 is 1.78 bits per heavy atom. The average Bonchev–Trinajstić information content (AvgIpc) is 2.65. The van der Waals surface area contributed by atoms with E-state index >= 15 is 0 Å². The maximum atomic E-state index is 12.3. The van der Waals surface area contributed by atoms with Gasteiger partial charge in [-0.1, -0.05) is 30.3 Å². The van der Waals surface area contributed by atoms with Crippen molar-refractivity contribution < 1.29 is 9.59 Å². The summed E-state index contributed by atoms with van der Waals surface area (Å²) in [5.41, 5.74) is 7.40. The second kappa shape index (κ2) is 4.49. The Morgan fingerprint density at radius 1 is 1.17 bits per heavy atom. The average molecular weight is 242 g/mol. The fourth-order valence-electron chi connectivity index (χ4n) is 2.08. The lowest BCUT2D eigenvalue weighted by atomic mass is 10.0. The molecule has 0 atom stereocenters.